The summed E-state index contributed by atoms with van der Waals surface area (Å²) in [4.78, 5) is 11.9. The van der Waals surface area contributed by atoms with Crippen molar-refractivity contribution in [3.05, 3.63) is 0 Å². The number of carbonyl (C=O) groups excluding carboxylic acids is 1. The first kappa shape index (κ1) is 17.3. The highest BCUT2D eigenvalue weighted by Gasteiger charge is 2.42. The number of hydrogen-bond donors (Lipinski definition) is 2. The molecular formula is C14H25F3N2O. The molecule has 0 heterocycles. The Hall–Kier alpha value is -0.780. The second kappa shape index (κ2) is 7.29. The molecule has 20 heavy (non-hydrogen) atoms. The smallest absolute Gasteiger partial charge is 0.352 e. The molecule has 3 nitrogen and oxygen atoms in total. The molecule has 1 rings (SSSR count). The third kappa shape index (κ3) is 5.31. The minimum absolute atomic E-state index is 0.0739. The number of amides is 1. The lowest BCUT2D eigenvalue weighted by atomic mass is 9.85. The van der Waals surface area contributed by atoms with Gasteiger partial charge in [-0.2, -0.15) is 13.2 Å². The maximum absolute atomic E-state index is 12.7. The molecule has 0 aromatic carbocycles. The van der Waals surface area contributed by atoms with Crippen molar-refractivity contribution in [3.63, 3.8) is 0 Å². The van der Waals surface area contributed by atoms with Gasteiger partial charge in [0.25, 0.3) is 0 Å². The van der Waals surface area contributed by atoms with Gasteiger partial charge in [0.2, 0.25) is 5.91 Å². The van der Waals surface area contributed by atoms with Crippen LogP contribution in [0, 0.1) is 5.92 Å². The molecule has 1 fully saturated rings. The Morgan fingerprint density at radius 2 is 1.95 bits per heavy atom. The van der Waals surface area contributed by atoms with E-state index >= 15 is 0 Å². The molecule has 0 radical (unpaired) electrons. The van der Waals surface area contributed by atoms with Crippen molar-refractivity contribution in [2.24, 2.45) is 5.92 Å². The predicted octanol–water partition coefficient (Wildman–Crippen LogP) is 3.00. The lowest BCUT2D eigenvalue weighted by Crippen LogP contribution is -2.50. The highest BCUT2D eigenvalue weighted by molar-refractivity contribution is 5.81. The van der Waals surface area contributed by atoms with Crippen LogP contribution < -0.4 is 10.6 Å². The minimum Gasteiger partial charge on any atom is -0.352 e. The SMILES string of the molecule is CCC(C)NC(=O)C(C)NC1CCCC(C(F)(F)F)C1. The number of rotatable bonds is 5. The highest BCUT2D eigenvalue weighted by atomic mass is 19.4. The number of nitrogens with one attached hydrogen (secondary N) is 2. The Bertz CT molecular complexity index is 320. The first-order valence-electron chi connectivity index (χ1n) is 7.37. The standard InChI is InChI=1S/C14H25F3N2O/c1-4-9(2)18-13(20)10(3)19-12-7-5-6-11(8-12)14(15,16)17/h9-12,19H,4-8H2,1-3H3,(H,18,20). The van der Waals surface area contributed by atoms with Crippen molar-refractivity contribution in [2.45, 2.75) is 77.2 Å². The molecule has 1 saturated carbocycles. The van der Waals surface area contributed by atoms with Crippen molar-refractivity contribution in [1.82, 2.24) is 10.6 Å². The van der Waals surface area contributed by atoms with Crippen LogP contribution in [-0.2, 0) is 4.79 Å². The molecule has 2 N–H and O–H groups in total. The zero-order valence-electron chi connectivity index (χ0n) is 12.4. The van der Waals surface area contributed by atoms with Crippen molar-refractivity contribution < 1.29 is 18.0 Å². The summed E-state index contributed by atoms with van der Waals surface area (Å²) in [6.45, 7) is 5.58. The molecule has 1 amide bonds. The van der Waals surface area contributed by atoms with E-state index in [-0.39, 0.29) is 30.8 Å². The first-order chi connectivity index (χ1) is 9.24. The molecule has 0 aliphatic heterocycles. The third-order valence-corrected chi connectivity index (χ3v) is 4.02. The molecule has 6 heteroatoms. The molecule has 1 aliphatic carbocycles. The van der Waals surface area contributed by atoms with E-state index in [1.165, 1.54) is 0 Å². The van der Waals surface area contributed by atoms with Crippen molar-refractivity contribution in [1.29, 1.82) is 0 Å². The van der Waals surface area contributed by atoms with Crippen LogP contribution in [0.25, 0.3) is 0 Å². The monoisotopic (exact) mass is 294 g/mol. The van der Waals surface area contributed by atoms with E-state index in [1.54, 1.807) is 6.92 Å². The van der Waals surface area contributed by atoms with Gasteiger partial charge in [-0.1, -0.05) is 13.3 Å². The van der Waals surface area contributed by atoms with E-state index in [4.69, 9.17) is 0 Å². The normalized spacial score (nSPS) is 26.9. The van der Waals surface area contributed by atoms with Gasteiger partial charge < -0.3 is 10.6 Å². The van der Waals surface area contributed by atoms with Crippen LogP contribution in [0.3, 0.4) is 0 Å². The largest absolute Gasteiger partial charge is 0.391 e. The average molecular weight is 294 g/mol. The fourth-order valence-electron chi connectivity index (χ4n) is 2.54. The second-order valence-corrected chi connectivity index (χ2v) is 5.81. The number of hydrogen-bond acceptors (Lipinski definition) is 2. The number of alkyl halides is 3. The van der Waals surface area contributed by atoms with Gasteiger partial charge in [0, 0.05) is 12.1 Å². The van der Waals surface area contributed by atoms with E-state index in [1.807, 2.05) is 13.8 Å². The van der Waals surface area contributed by atoms with Crippen LogP contribution in [0.4, 0.5) is 13.2 Å². The van der Waals surface area contributed by atoms with E-state index in [2.05, 4.69) is 10.6 Å². The van der Waals surface area contributed by atoms with Gasteiger partial charge in [-0.15, -0.1) is 0 Å². The Morgan fingerprint density at radius 3 is 2.50 bits per heavy atom. The summed E-state index contributed by atoms with van der Waals surface area (Å²) in [5, 5.41) is 5.87. The zero-order chi connectivity index (χ0) is 15.3. The molecule has 0 aromatic heterocycles. The molecule has 4 unspecified atom stereocenters. The second-order valence-electron chi connectivity index (χ2n) is 5.81. The summed E-state index contributed by atoms with van der Waals surface area (Å²) in [7, 11) is 0. The Balaban J connectivity index is 2.45. The highest BCUT2D eigenvalue weighted by Crippen LogP contribution is 2.37. The van der Waals surface area contributed by atoms with Crippen LogP contribution in [0.5, 0.6) is 0 Å². The lowest BCUT2D eigenvalue weighted by Gasteiger charge is -2.32. The quantitative estimate of drug-likeness (QED) is 0.818. The Labute approximate surface area is 118 Å². The minimum atomic E-state index is -4.12. The first-order valence-corrected chi connectivity index (χ1v) is 7.37. The fraction of sp³-hybridized carbons (Fsp3) is 0.929. The summed E-state index contributed by atoms with van der Waals surface area (Å²) < 4.78 is 38.2. The molecule has 0 saturated heterocycles. The summed E-state index contributed by atoms with van der Waals surface area (Å²) in [5.74, 6) is -1.38. The van der Waals surface area contributed by atoms with Crippen LogP contribution >= 0.6 is 0 Å². The molecule has 4 atom stereocenters. The average Bonchev–Trinajstić information content (AvgIpc) is 2.37. The molecule has 0 aromatic rings. The molecular weight excluding hydrogens is 269 g/mol. The Morgan fingerprint density at radius 1 is 1.30 bits per heavy atom. The van der Waals surface area contributed by atoms with Crippen LogP contribution in [-0.4, -0.2) is 30.2 Å². The van der Waals surface area contributed by atoms with E-state index in [0.717, 1.165) is 6.42 Å². The topological polar surface area (TPSA) is 41.1 Å². The van der Waals surface area contributed by atoms with Gasteiger partial charge in [-0.25, -0.2) is 0 Å². The van der Waals surface area contributed by atoms with Gasteiger partial charge in [-0.3, -0.25) is 4.79 Å². The Kier molecular flexibility index (Phi) is 6.30. The summed E-state index contributed by atoms with van der Waals surface area (Å²) in [6, 6.07) is -0.602. The van der Waals surface area contributed by atoms with Crippen LogP contribution in [0.1, 0.15) is 52.9 Å². The van der Waals surface area contributed by atoms with Crippen molar-refractivity contribution in [2.75, 3.05) is 0 Å². The zero-order valence-corrected chi connectivity index (χ0v) is 12.4. The van der Waals surface area contributed by atoms with Gasteiger partial charge >= 0.3 is 6.18 Å². The fourth-order valence-corrected chi connectivity index (χ4v) is 2.54. The van der Waals surface area contributed by atoms with Gasteiger partial charge in [0.1, 0.15) is 0 Å². The molecule has 0 bridgehead atoms. The molecule has 1 aliphatic rings. The van der Waals surface area contributed by atoms with Crippen LogP contribution in [0.2, 0.25) is 0 Å². The van der Waals surface area contributed by atoms with Crippen molar-refractivity contribution in [3.8, 4) is 0 Å². The third-order valence-electron chi connectivity index (χ3n) is 4.02. The van der Waals surface area contributed by atoms with Gasteiger partial charge in [0.15, 0.2) is 0 Å². The maximum atomic E-state index is 12.7. The number of halogens is 3. The van der Waals surface area contributed by atoms with Crippen molar-refractivity contribution >= 4 is 5.91 Å². The lowest BCUT2D eigenvalue weighted by molar-refractivity contribution is -0.183. The molecule has 118 valence electrons. The maximum Gasteiger partial charge on any atom is 0.391 e. The van der Waals surface area contributed by atoms with E-state index < -0.39 is 18.1 Å². The molecule has 0 spiro atoms. The van der Waals surface area contributed by atoms with Gasteiger partial charge in [-0.05, 0) is 39.5 Å². The number of carbonyl (C=O) groups is 1. The van der Waals surface area contributed by atoms with E-state index in [0.29, 0.717) is 12.8 Å². The van der Waals surface area contributed by atoms with Gasteiger partial charge in [0.05, 0.1) is 12.0 Å². The predicted molar refractivity (Wildman–Crippen MR) is 72.3 cm³/mol. The van der Waals surface area contributed by atoms with E-state index in [9.17, 15) is 18.0 Å². The summed E-state index contributed by atoms with van der Waals surface area (Å²) in [6.07, 6.45) is -1.75. The summed E-state index contributed by atoms with van der Waals surface area (Å²) >= 11 is 0. The van der Waals surface area contributed by atoms with Crippen LogP contribution in [0.15, 0.2) is 0 Å². The summed E-state index contributed by atoms with van der Waals surface area (Å²) in [5.41, 5.74) is 0.